The molecule has 0 amide bonds. The molecule has 2 N–H and O–H groups in total. The van der Waals surface area contributed by atoms with Crippen LogP contribution < -0.4 is 15.2 Å². The van der Waals surface area contributed by atoms with Crippen molar-refractivity contribution in [2.45, 2.75) is 32.3 Å². The van der Waals surface area contributed by atoms with Gasteiger partial charge in [-0.2, -0.15) is 0 Å². The Morgan fingerprint density at radius 2 is 2.26 bits per heavy atom. The molecule has 0 aliphatic carbocycles. The molecule has 4 heteroatoms. The van der Waals surface area contributed by atoms with Crippen LogP contribution in [0.4, 0.5) is 0 Å². The summed E-state index contributed by atoms with van der Waals surface area (Å²) in [6.07, 6.45) is 3.20. The van der Waals surface area contributed by atoms with Crippen LogP contribution in [0.1, 0.15) is 25.3 Å². The summed E-state index contributed by atoms with van der Waals surface area (Å²) in [6.45, 7) is 4.63. The van der Waals surface area contributed by atoms with Crippen molar-refractivity contribution in [2.75, 3.05) is 26.4 Å². The number of rotatable bonds is 7. The Balaban J connectivity index is 2.08. The van der Waals surface area contributed by atoms with Crippen LogP contribution in [0.2, 0.25) is 0 Å². The zero-order valence-electron chi connectivity index (χ0n) is 11.6. The van der Waals surface area contributed by atoms with Gasteiger partial charge in [0.2, 0.25) is 0 Å². The third-order valence-electron chi connectivity index (χ3n) is 3.21. The molecule has 0 aromatic heterocycles. The van der Waals surface area contributed by atoms with E-state index in [1.165, 1.54) is 0 Å². The number of nitrogens with two attached hydrogens (primary N) is 1. The fourth-order valence-electron chi connectivity index (χ4n) is 2.30. The van der Waals surface area contributed by atoms with Crippen LogP contribution in [0.25, 0.3) is 0 Å². The van der Waals surface area contributed by atoms with E-state index >= 15 is 0 Å². The molecule has 1 heterocycles. The van der Waals surface area contributed by atoms with Crippen molar-refractivity contribution in [3.8, 4) is 11.5 Å². The van der Waals surface area contributed by atoms with Gasteiger partial charge in [0.05, 0.1) is 12.7 Å². The van der Waals surface area contributed by atoms with Crippen molar-refractivity contribution in [1.82, 2.24) is 0 Å². The van der Waals surface area contributed by atoms with Crippen LogP contribution in [0, 0.1) is 0 Å². The number of hydrogen-bond donors (Lipinski definition) is 1. The lowest BCUT2D eigenvalue weighted by Gasteiger charge is -2.17. The molecule has 2 rings (SSSR count). The molecular weight excluding hydrogens is 242 g/mol. The van der Waals surface area contributed by atoms with E-state index in [0.717, 1.165) is 42.9 Å². The molecule has 1 aromatic carbocycles. The standard InChI is InChI=1S/C15H23NO3/c1-2-17-14-7-3-5-12(8-9-16)15(14)19-11-13-6-4-10-18-13/h3,5,7,13H,2,4,6,8-11,16H2,1H3. The summed E-state index contributed by atoms with van der Waals surface area (Å²) in [5, 5.41) is 0. The van der Waals surface area contributed by atoms with Crippen LogP contribution >= 0.6 is 0 Å². The molecule has 4 nitrogen and oxygen atoms in total. The van der Waals surface area contributed by atoms with Crippen LogP contribution in [0.3, 0.4) is 0 Å². The van der Waals surface area contributed by atoms with Crippen molar-refractivity contribution >= 4 is 0 Å². The molecular formula is C15H23NO3. The fraction of sp³-hybridized carbons (Fsp3) is 0.600. The molecule has 1 saturated heterocycles. The van der Waals surface area contributed by atoms with E-state index in [1.807, 2.05) is 25.1 Å². The van der Waals surface area contributed by atoms with E-state index in [1.54, 1.807) is 0 Å². The van der Waals surface area contributed by atoms with E-state index in [4.69, 9.17) is 19.9 Å². The van der Waals surface area contributed by atoms with Gasteiger partial charge in [0.1, 0.15) is 6.61 Å². The molecule has 1 fully saturated rings. The highest BCUT2D eigenvalue weighted by atomic mass is 16.5. The minimum absolute atomic E-state index is 0.209. The summed E-state index contributed by atoms with van der Waals surface area (Å²) < 4.78 is 17.2. The zero-order valence-corrected chi connectivity index (χ0v) is 11.6. The number of benzene rings is 1. The quantitative estimate of drug-likeness (QED) is 0.820. The largest absolute Gasteiger partial charge is 0.490 e. The normalized spacial score (nSPS) is 18.5. The number of para-hydroxylation sites is 1. The summed E-state index contributed by atoms with van der Waals surface area (Å²) >= 11 is 0. The number of hydrogen-bond acceptors (Lipinski definition) is 4. The summed E-state index contributed by atoms with van der Waals surface area (Å²) in [5.74, 6) is 1.62. The number of ether oxygens (including phenoxy) is 3. The monoisotopic (exact) mass is 265 g/mol. The Morgan fingerprint density at radius 1 is 1.37 bits per heavy atom. The van der Waals surface area contributed by atoms with Crippen LogP contribution in [-0.4, -0.2) is 32.5 Å². The minimum Gasteiger partial charge on any atom is -0.490 e. The zero-order chi connectivity index (χ0) is 13.5. The van der Waals surface area contributed by atoms with Gasteiger partial charge in [0.15, 0.2) is 11.5 Å². The first-order valence-electron chi connectivity index (χ1n) is 7.04. The van der Waals surface area contributed by atoms with Gasteiger partial charge in [-0.3, -0.25) is 0 Å². The van der Waals surface area contributed by atoms with Crippen LogP contribution in [0.15, 0.2) is 18.2 Å². The Labute approximate surface area is 114 Å². The molecule has 1 unspecified atom stereocenters. The first-order chi connectivity index (χ1) is 9.35. The van der Waals surface area contributed by atoms with Gasteiger partial charge in [-0.25, -0.2) is 0 Å². The van der Waals surface area contributed by atoms with Gasteiger partial charge in [-0.15, -0.1) is 0 Å². The predicted octanol–water partition coefficient (Wildman–Crippen LogP) is 2.14. The predicted molar refractivity (Wildman–Crippen MR) is 74.8 cm³/mol. The van der Waals surface area contributed by atoms with Gasteiger partial charge >= 0.3 is 0 Å². The van der Waals surface area contributed by atoms with Crippen molar-refractivity contribution in [3.05, 3.63) is 23.8 Å². The van der Waals surface area contributed by atoms with E-state index in [2.05, 4.69) is 0 Å². The Kier molecular flexibility index (Phi) is 5.48. The molecule has 0 bridgehead atoms. The fourth-order valence-corrected chi connectivity index (χ4v) is 2.30. The summed E-state index contributed by atoms with van der Waals surface area (Å²) in [4.78, 5) is 0. The first-order valence-corrected chi connectivity index (χ1v) is 7.04. The van der Waals surface area contributed by atoms with Crippen LogP contribution in [0.5, 0.6) is 11.5 Å². The van der Waals surface area contributed by atoms with Crippen molar-refractivity contribution in [1.29, 1.82) is 0 Å². The van der Waals surface area contributed by atoms with E-state index in [0.29, 0.717) is 19.8 Å². The highest BCUT2D eigenvalue weighted by Gasteiger charge is 2.18. The van der Waals surface area contributed by atoms with Crippen molar-refractivity contribution < 1.29 is 14.2 Å². The summed E-state index contributed by atoms with van der Waals surface area (Å²) in [7, 11) is 0. The maximum absolute atomic E-state index is 5.95. The topological polar surface area (TPSA) is 53.7 Å². The molecule has 1 aliphatic rings. The molecule has 1 atom stereocenters. The molecule has 0 saturated carbocycles. The Bertz CT molecular complexity index is 365. The highest BCUT2D eigenvalue weighted by Crippen LogP contribution is 2.32. The molecule has 1 aromatic rings. The molecule has 0 spiro atoms. The third-order valence-corrected chi connectivity index (χ3v) is 3.21. The smallest absolute Gasteiger partial charge is 0.164 e. The third kappa shape index (κ3) is 3.85. The lowest BCUT2D eigenvalue weighted by atomic mass is 10.1. The van der Waals surface area contributed by atoms with Gasteiger partial charge in [-0.05, 0) is 44.4 Å². The van der Waals surface area contributed by atoms with Gasteiger partial charge in [-0.1, -0.05) is 12.1 Å². The molecule has 19 heavy (non-hydrogen) atoms. The maximum Gasteiger partial charge on any atom is 0.164 e. The second-order valence-electron chi connectivity index (χ2n) is 4.66. The maximum atomic E-state index is 5.95. The second-order valence-corrected chi connectivity index (χ2v) is 4.66. The summed E-state index contributed by atoms with van der Waals surface area (Å²) in [5.41, 5.74) is 6.75. The lowest BCUT2D eigenvalue weighted by molar-refractivity contribution is 0.0664. The molecule has 106 valence electrons. The average Bonchev–Trinajstić information content (AvgIpc) is 2.92. The average molecular weight is 265 g/mol. The van der Waals surface area contributed by atoms with E-state index < -0.39 is 0 Å². The highest BCUT2D eigenvalue weighted by molar-refractivity contribution is 5.46. The minimum atomic E-state index is 0.209. The van der Waals surface area contributed by atoms with Crippen LogP contribution in [-0.2, 0) is 11.2 Å². The van der Waals surface area contributed by atoms with E-state index in [9.17, 15) is 0 Å². The SMILES string of the molecule is CCOc1cccc(CCN)c1OCC1CCCO1. The summed E-state index contributed by atoms with van der Waals surface area (Å²) in [6, 6.07) is 5.96. The molecule has 0 radical (unpaired) electrons. The van der Waals surface area contributed by atoms with Gasteiger partial charge < -0.3 is 19.9 Å². The Morgan fingerprint density at radius 3 is 2.95 bits per heavy atom. The van der Waals surface area contributed by atoms with Gasteiger partial charge in [0, 0.05) is 6.61 Å². The Hall–Kier alpha value is -1.26. The van der Waals surface area contributed by atoms with Crippen molar-refractivity contribution in [3.63, 3.8) is 0 Å². The van der Waals surface area contributed by atoms with E-state index in [-0.39, 0.29) is 6.10 Å². The molecule has 1 aliphatic heterocycles. The van der Waals surface area contributed by atoms with Gasteiger partial charge in [0.25, 0.3) is 0 Å². The lowest BCUT2D eigenvalue weighted by Crippen LogP contribution is -2.17. The van der Waals surface area contributed by atoms with Crippen molar-refractivity contribution in [2.24, 2.45) is 5.73 Å². The second kappa shape index (κ2) is 7.36. The first kappa shape index (κ1) is 14.2.